The molecule has 1 unspecified atom stereocenters. The lowest BCUT2D eigenvalue weighted by Crippen LogP contribution is -1.96. The fourth-order valence-corrected chi connectivity index (χ4v) is 1.22. The highest BCUT2D eigenvalue weighted by Crippen LogP contribution is 2.19. The van der Waals surface area contributed by atoms with Crippen molar-refractivity contribution in [3.05, 3.63) is 49.1 Å². The molecule has 0 aliphatic heterocycles. The summed E-state index contributed by atoms with van der Waals surface area (Å²) >= 11 is 0. The van der Waals surface area contributed by atoms with Gasteiger partial charge in [0.25, 0.3) is 0 Å². The lowest BCUT2D eigenvalue weighted by Gasteiger charge is -2.11. The van der Waals surface area contributed by atoms with Crippen LogP contribution in [0.4, 0.5) is 0 Å². The molecule has 0 aromatic rings. The number of rotatable bonds is 3. The Kier molecular flexibility index (Phi) is 2.91. The average Bonchev–Trinajstić information content (AvgIpc) is 2.07. The Balaban J connectivity index is 2.49. The van der Waals surface area contributed by atoms with E-state index in [1.165, 1.54) is 5.57 Å². The van der Waals surface area contributed by atoms with Gasteiger partial charge < -0.3 is 0 Å². The van der Waals surface area contributed by atoms with E-state index >= 15 is 0 Å². The average molecular weight is 146 g/mol. The van der Waals surface area contributed by atoms with E-state index in [1.54, 1.807) is 0 Å². The lowest BCUT2D eigenvalue weighted by molar-refractivity contribution is 0.667. The van der Waals surface area contributed by atoms with Crippen LogP contribution < -0.4 is 0 Å². The molecule has 0 spiro atoms. The SMILES string of the molecule is C=CCC1C=CC(C=C)=CC1. The van der Waals surface area contributed by atoms with Gasteiger partial charge in [-0.05, 0) is 24.3 Å². The molecule has 1 aliphatic carbocycles. The predicted molar refractivity (Wildman–Crippen MR) is 50.3 cm³/mol. The fourth-order valence-electron chi connectivity index (χ4n) is 1.22. The summed E-state index contributed by atoms with van der Waals surface area (Å²) in [4.78, 5) is 0. The second-order valence-corrected chi connectivity index (χ2v) is 2.79. The normalized spacial score (nSPS) is 22.5. The molecule has 1 rings (SSSR count). The Bertz CT molecular complexity index is 206. The van der Waals surface area contributed by atoms with Gasteiger partial charge in [-0.15, -0.1) is 6.58 Å². The minimum absolute atomic E-state index is 0.663. The van der Waals surface area contributed by atoms with Gasteiger partial charge in [-0.3, -0.25) is 0 Å². The first-order valence-electron chi connectivity index (χ1n) is 3.98. The van der Waals surface area contributed by atoms with Crippen LogP contribution in [0, 0.1) is 5.92 Å². The topological polar surface area (TPSA) is 0 Å². The van der Waals surface area contributed by atoms with Crippen molar-refractivity contribution in [3.8, 4) is 0 Å². The minimum atomic E-state index is 0.663. The largest absolute Gasteiger partial charge is 0.103 e. The molecular formula is C11H14. The van der Waals surface area contributed by atoms with Crippen LogP contribution in [-0.4, -0.2) is 0 Å². The van der Waals surface area contributed by atoms with Gasteiger partial charge in [0, 0.05) is 0 Å². The molecule has 0 aromatic carbocycles. The van der Waals surface area contributed by atoms with Crippen molar-refractivity contribution in [3.63, 3.8) is 0 Å². The molecule has 0 heterocycles. The molecule has 0 saturated carbocycles. The highest BCUT2D eigenvalue weighted by atomic mass is 14.1. The Morgan fingerprint density at radius 3 is 2.82 bits per heavy atom. The third kappa shape index (κ3) is 2.23. The van der Waals surface area contributed by atoms with Crippen molar-refractivity contribution in [1.82, 2.24) is 0 Å². The van der Waals surface area contributed by atoms with Crippen molar-refractivity contribution in [2.24, 2.45) is 5.92 Å². The molecule has 0 nitrogen and oxygen atoms in total. The first kappa shape index (κ1) is 8.06. The van der Waals surface area contributed by atoms with Crippen molar-refractivity contribution in [2.45, 2.75) is 12.8 Å². The Labute approximate surface area is 68.6 Å². The van der Waals surface area contributed by atoms with Crippen LogP contribution in [0.2, 0.25) is 0 Å². The van der Waals surface area contributed by atoms with Gasteiger partial charge in [-0.1, -0.05) is 37.0 Å². The van der Waals surface area contributed by atoms with Crippen molar-refractivity contribution >= 4 is 0 Å². The molecule has 0 saturated heterocycles. The third-order valence-corrected chi connectivity index (χ3v) is 1.92. The molecule has 0 heteroatoms. The quantitative estimate of drug-likeness (QED) is 0.536. The van der Waals surface area contributed by atoms with Gasteiger partial charge in [0.05, 0.1) is 0 Å². The van der Waals surface area contributed by atoms with Crippen LogP contribution in [-0.2, 0) is 0 Å². The molecule has 1 aliphatic rings. The van der Waals surface area contributed by atoms with Crippen molar-refractivity contribution in [1.29, 1.82) is 0 Å². The molecule has 0 fully saturated rings. The maximum Gasteiger partial charge on any atom is -0.0161 e. The van der Waals surface area contributed by atoms with E-state index in [0.717, 1.165) is 12.8 Å². The van der Waals surface area contributed by atoms with Crippen LogP contribution in [0.5, 0.6) is 0 Å². The first-order chi connectivity index (χ1) is 5.36. The standard InChI is InChI=1S/C11H14/c1-3-5-11-8-6-10(4-2)7-9-11/h3-4,6-8,11H,1-2,5,9H2. The van der Waals surface area contributed by atoms with E-state index in [1.807, 2.05) is 12.2 Å². The van der Waals surface area contributed by atoms with Gasteiger partial charge in [0.1, 0.15) is 0 Å². The number of hydrogen-bond donors (Lipinski definition) is 0. The molecule has 11 heavy (non-hydrogen) atoms. The minimum Gasteiger partial charge on any atom is -0.103 e. The summed E-state index contributed by atoms with van der Waals surface area (Å²) in [6.45, 7) is 7.43. The van der Waals surface area contributed by atoms with Crippen molar-refractivity contribution in [2.75, 3.05) is 0 Å². The van der Waals surface area contributed by atoms with Crippen LogP contribution in [0.15, 0.2) is 49.1 Å². The zero-order valence-corrected chi connectivity index (χ0v) is 6.79. The van der Waals surface area contributed by atoms with Gasteiger partial charge in [-0.25, -0.2) is 0 Å². The number of allylic oxidation sites excluding steroid dienone is 6. The fraction of sp³-hybridized carbons (Fsp3) is 0.273. The van der Waals surface area contributed by atoms with E-state index in [2.05, 4.69) is 31.4 Å². The molecule has 0 bridgehead atoms. The summed E-state index contributed by atoms with van der Waals surface area (Å²) in [6.07, 6.45) is 12.7. The third-order valence-electron chi connectivity index (χ3n) is 1.92. The van der Waals surface area contributed by atoms with Crippen LogP contribution >= 0.6 is 0 Å². The van der Waals surface area contributed by atoms with E-state index in [-0.39, 0.29) is 0 Å². The maximum atomic E-state index is 3.72. The number of hydrogen-bond acceptors (Lipinski definition) is 0. The Hall–Kier alpha value is -1.04. The summed E-state index contributed by atoms with van der Waals surface area (Å²) < 4.78 is 0. The van der Waals surface area contributed by atoms with Crippen LogP contribution in [0.25, 0.3) is 0 Å². The molecule has 1 atom stereocenters. The summed E-state index contributed by atoms with van der Waals surface area (Å²) in [5.41, 5.74) is 1.24. The highest BCUT2D eigenvalue weighted by Gasteiger charge is 2.04. The maximum absolute atomic E-state index is 3.72. The van der Waals surface area contributed by atoms with E-state index < -0.39 is 0 Å². The Morgan fingerprint density at radius 2 is 2.36 bits per heavy atom. The first-order valence-corrected chi connectivity index (χ1v) is 3.98. The molecule has 0 amide bonds. The lowest BCUT2D eigenvalue weighted by atomic mass is 9.94. The van der Waals surface area contributed by atoms with Gasteiger partial charge in [0.15, 0.2) is 0 Å². The van der Waals surface area contributed by atoms with Crippen LogP contribution in [0.1, 0.15) is 12.8 Å². The van der Waals surface area contributed by atoms with Crippen LogP contribution in [0.3, 0.4) is 0 Å². The second-order valence-electron chi connectivity index (χ2n) is 2.79. The van der Waals surface area contributed by atoms with E-state index in [4.69, 9.17) is 0 Å². The molecule has 0 radical (unpaired) electrons. The molecule has 0 N–H and O–H groups in total. The van der Waals surface area contributed by atoms with E-state index in [9.17, 15) is 0 Å². The van der Waals surface area contributed by atoms with Gasteiger partial charge >= 0.3 is 0 Å². The predicted octanol–water partition coefficient (Wildman–Crippen LogP) is 3.25. The zero-order valence-electron chi connectivity index (χ0n) is 6.79. The molecular weight excluding hydrogens is 132 g/mol. The van der Waals surface area contributed by atoms with Crippen molar-refractivity contribution < 1.29 is 0 Å². The zero-order chi connectivity index (χ0) is 8.10. The van der Waals surface area contributed by atoms with E-state index in [0.29, 0.717) is 5.92 Å². The summed E-state index contributed by atoms with van der Waals surface area (Å²) in [6, 6.07) is 0. The summed E-state index contributed by atoms with van der Waals surface area (Å²) in [5, 5.41) is 0. The molecule has 58 valence electrons. The smallest absolute Gasteiger partial charge is 0.0161 e. The second kappa shape index (κ2) is 3.97. The highest BCUT2D eigenvalue weighted by molar-refractivity contribution is 5.32. The molecule has 0 aromatic heterocycles. The van der Waals surface area contributed by atoms with Gasteiger partial charge in [0.2, 0.25) is 0 Å². The summed E-state index contributed by atoms with van der Waals surface area (Å²) in [5.74, 6) is 0.663. The summed E-state index contributed by atoms with van der Waals surface area (Å²) in [7, 11) is 0. The Morgan fingerprint density at radius 1 is 1.55 bits per heavy atom. The monoisotopic (exact) mass is 146 g/mol. The van der Waals surface area contributed by atoms with Gasteiger partial charge in [-0.2, -0.15) is 0 Å².